The number of ether oxygens (including phenoxy) is 2. The third kappa shape index (κ3) is 6.31. The minimum Gasteiger partial charge on any atom is -0.507 e. The SMILES string of the molecule is C=CCOc1cccc(C2/C(=C(\O)c3ccc(OCCC)cc3)C(=O)C(=O)N2CCCN(C)C)c1. The fraction of sp³-hybridized carbons (Fsp3) is 0.357. The summed E-state index contributed by atoms with van der Waals surface area (Å²) in [7, 11) is 3.92. The molecule has 186 valence electrons. The number of benzene rings is 2. The summed E-state index contributed by atoms with van der Waals surface area (Å²) in [5.41, 5.74) is 1.22. The summed E-state index contributed by atoms with van der Waals surface area (Å²) in [5, 5.41) is 11.2. The van der Waals surface area contributed by atoms with Gasteiger partial charge in [-0.15, -0.1) is 0 Å². The molecule has 1 amide bonds. The van der Waals surface area contributed by atoms with Gasteiger partial charge in [0.2, 0.25) is 0 Å². The molecule has 1 N–H and O–H groups in total. The van der Waals surface area contributed by atoms with Crippen LogP contribution in [0.5, 0.6) is 11.5 Å². The zero-order valence-electron chi connectivity index (χ0n) is 20.7. The number of carbonyl (C=O) groups is 2. The molecule has 2 aromatic rings. The number of nitrogens with zero attached hydrogens (tertiary/aromatic N) is 2. The van der Waals surface area contributed by atoms with Gasteiger partial charge in [0.15, 0.2) is 0 Å². The molecule has 1 fully saturated rings. The molecule has 1 aliphatic heterocycles. The summed E-state index contributed by atoms with van der Waals surface area (Å²) in [6.45, 7) is 7.76. The molecule has 7 nitrogen and oxygen atoms in total. The summed E-state index contributed by atoms with van der Waals surface area (Å²) in [4.78, 5) is 29.9. The third-order valence-corrected chi connectivity index (χ3v) is 5.69. The molecule has 1 atom stereocenters. The first-order valence-electron chi connectivity index (χ1n) is 11.9. The van der Waals surface area contributed by atoms with Crippen LogP contribution in [0.3, 0.4) is 0 Å². The first-order valence-corrected chi connectivity index (χ1v) is 11.9. The monoisotopic (exact) mass is 478 g/mol. The van der Waals surface area contributed by atoms with E-state index in [4.69, 9.17) is 9.47 Å². The van der Waals surface area contributed by atoms with Crippen LogP contribution in [-0.2, 0) is 9.59 Å². The van der Waals surface area contributed by atoms with Gasteiger partial charge in [-0.05, 0) is 75.4 Å². The van der Waals surface area contributed by atoms with Crippen LogP contribution in [-0.4, -0.2) is 67.0 Å². The molecule has 0 spiro atoms. The van der Waals surface area contributed by atoms with Crippen LogP contribution in [0.4, 0.5) is 0 Å². The summed E-state index contributed by atoms with van der Waals surface area (Å²) >= 11 is 0. The second kappa shape index (κ2) is 12.2. The number of ketones is 1. The van der Waals surface area contributed by atoms with E-state index in [1.165, 1.54) is 0 Å². The largest absolute Gasteiger partial charge is 0.507 e. The molecule has 0 saturated carbocycles. The van der Waals surface area contributed by atoms with Gasteiger partial charge in [0.1, 0.15) is 23.9 Å². The van der Waals surface area contributed by atoms with Gasteiger partial charge in [0.05, 0.1) is 18.2 Å². The van der Waals surface area contributed by atoms with E-state index in [9.17, 15) is 14.7 Å². The predicted octanol–water partition coefficient (Wildman–Crippen LogP) is 4.41. The van der Waals surface area contributed by atoms with E-state index >= 15 is 0 Å². The fourth-order valence-corrected chi connectivity index (χ4v) is 4.03. The maximum Gasteiger partial charge on any atom is 0.295 e. The van der Waals surface area contributed by atoms with Crippen molar-refractivity contribution < 1.29 is 24.2 Å². The topological polar surface area (TPSA) is 79.3 Å². The minimum atomic E-state index is -0.722. The number of likely N-dealkylation sites (tertiary alicyclic amines) is 1. The molecule has 0 radical (unpaired) electrons. The first-order chi connectivity index (χ1) is 16.9. The van der Waals surface area contributed by atoms with E-state index in [0.717, 1.165) is 13.0 Å². The summed E-state index contributed by atoms with van der Waals surface area (Å²) in [6, 6.07) is 13.4. The van der Waals surface area contributed by atoms with Crippen LogP contribution in [0.2, 0.25) is 0 Å². The van der Waals surface area contributed by atoms with Crippen molar-refractivity contribution in [1.29, 1.82) is 0 Å². The smallest absolute Gasteiger partial charge is 0.295 e. The van der Waals surface area contributed by atoms with Gasteiger partial charge >= 0.3 is 0 Å². The van der Waals surface area contributed by atoms with Crippen LogP contribution in [0.1, 0.15) is 36.9 Å². The summed E-state index contributed by atoms with van der Waals surface area (Å²) in [5.74, 6) is -0.241. The van der Waals surface area contributed by atoms with Crippen molar-refractivity contribution >= 4 is 17.4 Å². The summed E-state index contributed by atoms with van der Waals surface area (Å²) in [6.07, 6.45) is 3.22. The minimum absolute atomic E-state index is 0.0722. The van der Waals surface area contributed by atoms with Gasteiger partial charge in [-0.1, -0.05) is 31.7 Å². The number of carbonyl (C=O) groups excluding carboxylic acids is 2. The maximum atomic E-state index is 13.2. The lowest BCUT2D eigenvalue weighted by molar-refractivity contribution is -0.139. The van der Waals surface area contributed by atoms with Gasteiger partial charge in [-0.2, -0.15) is 0 Å². The molecular formula is C28H34N2O5. The highest BCUT2D eigenvalue weighted by molar-refractivity contribution is 6.46. The Hall–Kier alpha value is -3.58. The van der Waals surface area contributed by atoms with E-state index in [1.54, 1.807) is 47.4 Å². The van der Waals surface area contributed by atoms with Crippen molar-refractivity contribution in [1.82, 2.24) is 9.80 Å². The molecule has 0 aromatic heterocycles. The Bertz CT molecular complexity index is 1080. The van der Waals surface area contributed by atoms with Crippen LogP contribution < -0.4 is 9.47 Å². The van der Waals surface area contributed by atoms with Crippen LogP contribution in [0.25, 0.3) is 5.76 Å². The molecule has 7 heteroatoms. The highest BCUT2D eigenvalue weighted by Crippen LogP contribution is 2.40. The van der Waals surface area contributed by atoms with Gasteiger partial charge in [0.25, 0.3) is 11.7 Å². The standard InChI is InChI=1S/C28H34N2O5/c1-5-17-34-22-13-11-20(12-14-22)26(31)24-25(21-9-7-10-23(19-21)35-18-6-2)30(28(33)27(24)32)16-8-15-29(3)4/h6-7,9-14,19,25,31H,2,5,8,15-18H2,1,3-4H3/b26-24+. The number of aliphatic hydroxyl groups is 1. The highest BCUT2D eigenvalue weighted by Gasteiger charge is 2.45. The molecule has 1 unspecified atom stereocenters. The summed E-state index contributed by atoms with van der Waals surface area (Å²) < 4.78 is 11.3. The quantitative estimate of drug-likeness (QED) is 0.211. The van der Waals surface area contributed by atoms with E-state index in [1.807, 2.05) is 38.1 Å². The highest BCUT2D eigenvalue weighted by atomic mass is 16.5. The predicted molar refractivity (Wildman–Crippen MR) is 137 cm³/mol. The number of hydrogen-bond donors (Lipinski definition) is 1. The van der Waals surface area contributed by atoms with Crippen molar-refractivity contribution in [2.75, 3.05) is 40.4 Å². The molecule has 35 heavy (non-hydrogen) atoms. The van der Waals surface area contributed by atoms with Crippen molar-refractivity contribution in [3.63, 3.8) is 0 Å². The Morgan fingerprint density at radius 2 is 1.86 bits per heavy atom. The van der Waals surface area contributed by atoms with E-state index in [2.05, 4.69) is 6.58 Å². The number of rotatable bonds is 12. The molecular weight excluding hydrogens is 444 g/mol. The molecule has 2 aromatic carbocycles. The Balaban J connectivity index is 2.03. The van der Waals surface area contributed by atoms with E-state index in [0.29, 0.717) is 48.8 Å². The number of Topliss-reactive ketones (excluding diaryl/α,β-unsaturated/α-hetero) is 1. The second-order valence-electron chi connectivity index (χ2n) is 8.69. The molecule has 0 aliphatic carbocycles. The molecule has 0 bridgehead atoms. The van der Waals surface area contributed by atoms with Crippen LogP contribution in [0.15, 0.2) is 66.8 Å². The maximum absolute atomic E-state index is 13.2. The number of amides is 1. The lowest BCUT2D eigenvalue weighted by Gasteiger charge is -2.26. The van der Waals surface area contributed by atoms with Crippen molar-refractivity contribution in [2.45, 2.75) is 25.8 Å². The Morgan fingerprint density at radius 3 is 2.51 bits per heavy atom. The lowest BCUT2D eigenvalue weighted by atomic mass is 9.95. The first kappa shape index (κ1) is 26.0. The lowest BCUT2D eigenvalue weighted by Crippen LogP contribution is -2.32. The van der Waals surface area contributed by atoms with Crippen molar-refractivity contribution in [2.24, 2.45) is 0 Å². The Morgan fingerprint density at radius 1 is 1.11 bits per heavy atom. The normalized spacial score (nSPS) is 17.1. The third-order valence-electron chi connectivity index (χ3n) is 5.69. The fourth-order valence-electron chi connectivity index (χ4n) is 4.03. The van der Waals surface area contributed by atoms with Crippen LogP contribution in [0, 0.1) is 0 Å². The van der Waals surface area contributed by atoms with Gasteiger partial charge in [0, 0.05) is 12.1 Å². The average Bonchev–Trinajstić information content (AvgIpc) is 3.11. The van der Waals surface area contributed by atoms with E-state index in [-0.39, 0.29) is 11.3 Å². The number of aliphatic hydroxyl groups excluding tert-OH is 1. The zero-order valence-corrected chi connectivity index (χ0v) is 20.7. The molecule has 1 heterocycles. The van der Waals surface area contributed by atoms with Crippen molar-refractivity contribution in [3.8, 4) is 11.5 Å². The number of hydrogen-bond acceptors (Lipinski definition) is 6. The zero-order chi connectivity index (χ0) is 25.4. The Kier molecular flexibility index (Phi) is 9.09. The average molecular weight is 479 g/mol. The van der Waals surface area contributed by atoms with Gasteiger partial charge in [-0.25, -0.2) is 0 Å². The van der Waals surface area contributed by atoms with Gasteiger partial charge < -0.3 is 24.4 Å². The van der Waals surface area contributed by atoms with Crippen molar-refractivity contribution in [3.05, 3.63) is 77.9 Å². The molecule has 1 saturated heterocycles. The molecule has 1 aliphatic rings. The molecule has 3 rings (SSSR count). The van der Waals surface area contributed by atoms with Gasteiger partial charge in [-0.3, -0.25) is 9.59 Å². The van der Waals surface area contributed by atoms with Crippen LogP contribution >= 0.6 is 0 Å². The second-order valence-corrected chi connectivity index (χ2v) is 8.69. The Labute approximate surface area is 207 Å². The van der Waals surface area contributed by atoms with E-state index < -0.39 is 17.7 Å².